The summed E-state index contributed by atoms with van der Waals surface area (Å²) in [5.41, 5.74) is -1.23. The summed E-state index contributed by atoms with van der Waals surface area (Å²) in [4.78, 5) is 38.3. The van der Waals surface area contributed by atoms with Gasteiger partial charge in [0.25, 0.3) is 0 Å². The second kappa shape index (κ2) is 9.26. The lowest BCUT2D eigenvalue weighted by Crippen LogP contribution is -2.55. The Morgan fingerprint density at radius 3 is 2.21 bits per heavy atom. The first-order valence-corrected chi connectivity index (χ1v) is 9.52. The predicted molar refractivity (Wildman–Crippen MR) is 103 cm³/mol. The predicted octanol–water partition coefficient (Wildman–Crippen LogP) is 1.87. The summed E-state index contributed by atoms with van der Waals surface area (Å²) in [6.45, 7) is 4.87. The van der Waals surface area contributed by atoms with Gasteiger partial charge in [-0.15, -0.1) is 0 Å². The zero-order chi connectivity index (χ0) is 21.8. The number of esters is 2. The largest absolute Gasteiger partial charge is 0.493 e. The first kappa shape index (κ1) is 22.7. The Morgan fingerprint density at radius 2 is 1.66 bits per heavy atom. The third-order valence-electron chi connectivity index (χ3n) is 5.14. The SMILES string of the molecule is CCOC(=O)[C@H]1C(=O)C[C@@](C)(O)[C@@H](C(=O)OCC)[C@@H]1c1ccc(OC)c(OC)c1. The van der Waals surface area contributed by atoms with E-state index in [1.54, 1.807) is 32.0 Å². The fourth-order valence-corrected chi connectivity index (χ4v) is 3.94. The molecule has 0 aromatic heterocycles. The van der Waals surface area contributed by atoms with Crippen molar-refractivity contribution in [1.82, 2.24) is 0 Å². The van der Waals surface area contributed by atoms with Gasteiger partial charge in [-0.3, -0.25) is 14.4 Å². The number of aliphatic hydroxyl groups is 1. The van der Waals surface area contributed by atoms with Crippen LogP contribution in [0, 0.1) is 11.8 Å². The standard InChI is InChI=1S/C21H28O8/c1-6-28-19(23)17-13(22)11-21(3,25)18(20(24)29-7-2)16(17)12-8-9-14(26-4)15(10-12)27-5/h8-10,16-18,25H,6-7,11H2,1-5H3/t16-,17+,18-,21-/m1/s1. The van der Waals surface area contributed by atoms with Gasteiger partial charge in [0.2, 0.25) is 0 Å². The number of methoxy groups -OCH3 is 2. The second-order valence-electron chi connectivity index (χ2n) is 7.10. The zero-order valence-corrected chi connectivity index (χ0v) is 17.4. The normalized spacial score (nSPS) is 26.6. The molecule has 4 atom stereocenters. The monoisotopic (exact) mass is 408 g/mol. The highest BCUT2D eigenvalue weighted by molar-refractivity contribution is 6.02. The highest BCUT2D eigenvalue weighted by Crippen LogP contribution is 2.48. The molecule has 1 aromatic rings. The van der Waals surface area contributed by atoms with E-state index in [0.29, 0.717) is 17.1 Å². The van der Waals surface area contributed by atoms with Gasteiger partial charge in [0.1, 0.15) is 5.92 Å². The van der Waals surface area contributed by atoms with Gasteiger partial charge < -0.3 is 24.1 Å². The van der Waals surface area contributed by atoms with Gasteiger partial charge in [-0.2, -0.15) is 0 Å². The van der Waals surface area contributed by atoms with E-state index < -0.39 is 41.1 Å². The molecule has 8 heteroatoms. The maximum Gasteiger partial charge on any atom is 0.317 e. The lowest BCUT2D eigenvalue weighted by Gasteiger charge is -2.43. The van der Waals surface area contributed by atoms with E-state index in [9.17, 15) is 19.5 Å². The van der Waals surface area contributed by atoms with Crippen molar-refractivity contribution in [2.24, 2.45) is 11.8 Å². The minimum Gasteiger partial charge on any atom is -0.493 e. The Balaban J connectivity index is 2.67. The van der Waals surface area contributed by atoms with Gasteiger partial charge in [-0.05, 0) is 38.5 Å². The fraction of sp³-hybridized carbons (Fsp3) is 0.571. The van der Waals surface area contributed by atoms with E-state index >= 15 is 0 Å². The summed E-state index contributed by atoms with van der Waals surface area (Å²) < 4.78 is 20.9. The van der Waals surface area contributed by atoms with Crippen LogP contribution in [-0.2, 0) is 23.9 Å². The number of hydrogen-bond acceptors (Lipinski definition) is 8. The molecular weight excluding hydrogens is 380 g/mol. The van der Waals surface area contributed by atoms with Crippen molar-refractivity contribution < 1.29 is 38.4 Å². The molecule has 1 N–H and O–H groups in total. The quantitative estimate of drug-likeness (QED) is 0.538. The van der Waals surface area contributed by atoms with Crippen LogP contribution in [0.1, 0.15) is 38.7 Å². The molecule has 1 saturated carbocycles. The number of carbonyl (C=O) groups is 3. The van der Waals surface area contributed by atoms with E-state index in [2.05, 4.69) is 0 Å². The summed E-state index contributed by atoms with van der Waals surface area (Å²) in [7, 11) is 2.94. The highest BCUT2D eigenvalue weighted by Gasteiger charge is 2.57. The van der Waals surface area contributed by atoms with Crippen LogP contribution in [0.4, 0.5) is 0 Å². The summed E-state index contributed by atoms with van der Waals surface area (Å²) in [5, 5.41) is 11.0. The van der Waals surface area contributed by atoms with Crippen LogP contribution < -0.4 is 9.47 Å². The molecule has 160 valence electrons. The van der Waals surface area contributed by atoms with E-state index in [-0.39, 0.29) is 19.6 Å². The topological polar surface area (TPSA) is 108 Å². The Bertz CT molecular complexity index is 770. The molecular formula is C21H28O8. The second-order valence-corrected chi connectivity index (χ2v) is 7.10. The van der Waals surface area contributed by atoms with Crippen molar-refractivity contribution in [3.63, 3.8) is 0 Å². The smallest absolute Gasteiger partial charge is 0.317 e. The van der Waals surface area contributed by atoms with Crippen molar-refractivity contribution in [3.8, 4) is 11.5 Å². The minimum atomic E-state index is -1.69. The van der Waals surface area contributed by atoms with Crippen LogP contribution in [0.3, 0.4) is 0 Å². The van der Waals surface area contributed by atoms with Crippen LogP contribution >= 0.6 is 0 Å². The van der Waals surface area contributed by atoms with E-state index in [1.807, 2.05) is 0 Å². The Hall–Kier alpha value is -2.61. The van der Waals surface area contributed by atoms with E-state index in [0.717, 1.165) is 0 Å². The van der Waals surface area contributed by atoms with E-state index in [4.69, 9.17) is 18.9 Å². The average molecular weight is 408 g/mol. The molecule has 1 fully saturated rings. The summed E-state index contributed by atoms with van der Waals surface area (Å²) in [6.07, 6.45) is -0.357. The molecule has 29 heavy (non-hydrogen) atoms. The summed E-state index contributed by atoms with van der Waals surface area (Å²) in [6, 6.07) is 4.85. The van der Waals surface area contributed by atoms with Gasteiger partial charge in [-0.1, -0.05) is 6.07 Å². The number of Topliss-reactive ketones (excluding diaryl/α,β-unsaturated/α-hetero) is 1. The third-order valence-corrected chi connectivity index (χ3v) is 5.14. The number of rotatable bonds is 7. The maximum absolute atomic E-state index is 12.8. The molecule has 0 bridgehead atoms. The van der Waals surface area contributed by atoms with Crippen LogP contribution in [-0.4, -0.2) is 55.9 Å². The molecule has 0 unspecified atom stereocenters. The van der Waals surface area contributed by atoms with Crippen LogP contribution in [0.15, 0.2) is 18.2 Å². The van der Waals surface area contributed by atoms with Gasteiger partial charge in [-0.25, -0.2) is 0 Å². The molecule has 0 amide bonds. The van der Waals surface area contributed by atoms with Crippen molar-refractivity contribution in [2.75, 3.05) is 27.4 Å². The molecule has 1 aliphatic rings. The zero-order valence-electron chi connectivity index (χ0n) is 17.4. The van der Waals surface area contributed by atoms with E-state index in [1.165, 1.54) is 21.1 Å². The lowest BCUT2D eigenvalue weighted by molar-refractivity contribution is -0.172. The Kier molecular flexibility index (Phi) is 7.24. The molecule has 0 saturated heterocycles. The Labute approximate surface area is 170 Å². The van der Waals surface area contributed by atoms with Crippen molar-refractivity contribution in [2.45, 2.75) is 38.7 Å². The first-order chi connectivity index (χ1) is 13.7. The maximum atomic E-state index is 12.8. The van der Waals surface area contributed by atoms with Gasteiger partial charge >= 0.3 is 11.9 Å². The summed E-state index contributed by atoms with van der Waals surface area (Å²) in [5.74, 6) is -4.46. The molecule has 2 rings (SSSR count). The Morgan fingerprint density at radius 1 is 1.07 bits per heavy atom. The van der Waals surface area contributed by atoms with Crippen molar-refractivity contribution in [3.05, 3.63) is 23.8 Å². The molecule has 1 aliphatic carbocycles. The van der Waals surface area contributed by atoms with Crippen LogP contribution in [0.5, 0.6) is 11.5 Å². The number of ether oxygens (including phenoxy) is 4. The molecule has 0 aliphatic heterocycles. The minimum absolute atomic E-state index is 0.0851. The number of benzene rings is 1. The van der Waals surface area contributed by atoms with Crippen molar-refractivity contribution >= 4 is 17.7 Å². The van der Waals surface area contributed by atoms with Crippen LogP contribution in [0.25, 0.3) is 0 Å². The average Bonchev–Trinajstić information content (AvgIpc) is 2.66. The highest BCUT2D eigenvalue weighted by atomic mass is 16.5. The van der Waals surface area contributed by atoms with Gasteiger partial charge in [0, 0.05) is 12.3 Å². The van der Waals surface area contributed by atoms with Crippen molar-refractivity contribution in [1.29, 1.82) is 0 Å². The number of hydrogen-bond donors (Lipinski definition) is 1. The number of ketones is 1. The third kappa shape index (κ3) is 4.53. The van der Waals surface area contributed by atoms with Gasteiger partial charge in [0.05, 0.1) is 39.0 Å². The fourth-order valence-electron chi connectivity index (χ4n) is 3.94. The van der Waals surface area contributed by atoms with Gasteiger partial charge in [0.15, 0.2) is 17.3 Å². The molecule has 1 aromatic carbocycles. The molecule has 0 radical (unpaired) electrons. The molecule has 0 spiro atoms. The molecule has 0 heterocycles. The number of carbonyl (C=O) groups excluding carboxylic acids is 3. The summed E-state index contributed by atoms with van der Waals surface area (Å²) >= 11 is 0. The lowest BCUT2D eigenvalue weighted by atomic mass is 9.61. The molecule has 8 nitrogen and oxygen atoms in total. The first-order valence-electron chi connectivity index (χ1n) is 9.52. The van der Waals surface area contributed by atoms with Crippen LogP contribution in [0.2, 0.25) is 0 Å².